The van der Waals surface area contributed by atoms with Gasteiger partial charge in [-0.3, -0.25) is 0 Å². The van der Waals surface area contributed by atoms with Crippen LogP contribution in [0.3, 0.4) is 0 Å². The van der Waals surface area contributed by atoms with Gasteiger partial charge < -0.3 is 14.8 Å². The molecule has 4 aliphatic carbocycles. The summed E-state index contributed by atoms with van der Waals surface area (Å²) in [6, 6.07) is 12.2. The van der Waals surface area contributed by atoms with Gasteiger partial charge in [0.1, 0.15) is 6.61 Å². The summed E-state index contributed by atoms with van der Waals surface area (Å²) in [5, 5.41) is 5.12. The quantitative estimate of drug-likeness (QED) is 0.436. The van der Waals surface area contributed by atoms with Crippen molar-refractivity contribution in [3.63, 3.8) is 0 Å². The molecule has 4 bridgehead atoms. The molecule has 0 aromatic heterocycles. The lowest BCUT2D eigenvalue weighted by Gasteiger charge is -2.59. The molecule has 0 saturated heterocycles. The molecule has 2 aromatic rings. The topological polar surface area (TPSA) is 30.5 Å². The van der Waals surface area contributed by atoms with E-state index in [0.29, 0.717) is 39.6 Å². The Hall–Kier alpha value is -1.42. The van der Waals surface area contributed by atoms with Gasteiger partial charge in [-0.05, 0) is 104 Å². The minimum Gasteiger partial charge on any atom is -0.493 e. The van der Waals surface area contributed by atoms with Gasteiger partial charge in [0, 0.05) is 17.6 Å². The summed E-state index contributed by atoms with van der Waals surface area (Å²) in [5.41, 5.74) is 2.60. The van der Waals surface area contributed by atoms with Gasteiger partial charge in [0.15, 0.2) is 11.5 Å². The third kappa shape index (κ3) is 4.49. The molecule has 172 valence electrons. The average molecular weight is 474 g/mol. The van der Waals surface area contributed by atoms with E-state index in [4.69, 9.17) is 32.7 Å². The van der Waals surface area contributed by atoms with Crippen LogP contribution in [0.5, 0.6) is 11.5 Å². The van der Waals surface area contributed by atoms with Crippen LogP contribution >= 0.6 is 23.2 Å². The Balaban J connectivity index is 1.25. The zero-order valence-electron chi connectivity index (χ0n) is 19.0. The second-order valence-corrected chi connectivity index (χ2v) is 11.3. The predicted octanol–water partition coefficient (Wildman–Crippen LogP) is 7.28. The molecule has 0 amide bonds. The Morgan fingerprint density at radius 3 is 2.31 bits per heavy atom. The fourth-order valence-electron chi connectivity index (χ4n) is 6.99. The first-order valence-electron chi connectivity index (χ1n) is 11.9. The summed E-state index contributed by atoms with van der Waals surface area (Å²) >= 11 is 12.7. The van der Waals surface area contributed by atoms with Crippen molar-refractivity contribution in [3.8, 4) is 11.5 Å². The summed E-state index contributed by atoms with van der Waals surface area (Å²) in [5.74, 6) is 4.15. The predicted molar refractivity (Wildman–Crippen MR) is 131 cm³/mol. The molecule has 4 aliphatic rings. The zero-order chi connectivity index (χ0) is 22.3. The molecule has 0 spiro atoms. The summed E-state index contributed by atoms with van der Waals surface area (Å²) < 4.78 is 11.6. The highest BCUT2D eigenvalue weighted by molar-refractivity contribution is 6.32. The lowest BCUT2D eigenvalue weighted by atomic mass is 9.48. The molecule has 32 heavy (non-hydrogen) atoms. The Morgan fingerprint density at radius 1 is 1.00 bits per heavy atom. The Kier molecular flexibility index (Phi) is 6.35. The van der Waals surface area contributed by atoms with E-state index in [1.165, 1.54) is 38.5 Å². The van der Waals surface area contributed by atoms with Crippen molar-refractivity contribution in [2.24, 2.45) is 23.2 Å². The minimum absolute atomic E-state index is 0.386. The number of ether oxygens (including phenoxy) is 2. The maximum Gasteiger partial charge on any atom is 0.180 e. The van der Waals surface area contributed by atoms with Gasteiger partial charge >= 0.3 is 0 Å². The maximum atomic E-state index is 6.62. The SMILES string of the molecule is COc1cc(CNC(C)C23CC4CC(CC(C4)C2)C3)cc(Cl)c1OCc1cccc(Cl)c1. The standard InChI is InChI=1S/C27H33Cl2NO2/c1-17(27-12-19-6-20(13-27)8-21(7-19)14-27)30-15-22-10-24(29)26(25(11-22)31-2)32-16-18-4-3-5-23(28)9-18/h3-5,9-11,17,19-21,30H,6-8,12-16H2,1-2H3. The molecular formula is C27H33Cl2NO2. The average Bonchev–Trinajstić information content (AvgIpc) is 2.75. The first-order valence-corrected chi connectivity index (χ1v) is 12.7. The maximum absolute atomic E-state index is 6.62. The summed E-state index contributed by atoms with van der Waals surface area (Å²) in [6.07, 6.45) is 8.68. The highest BCUT2D eigenvalue weighted by atomic mass is 35.5. The largest absolute Gasteiger partial charge is 0.493 e. The molecule has 6 rings (SSSR count). The van der Waals surface area contributed by atoms with Crippen LogP contribution in [0, 0.1) is 23.2 Å². The fourth-order valence-corrected chi connectivity index (χ4v) is 7.49. The summed E-state index contributed by atoms with van der Waals surface area (Å²) in [4.78, 5) is 0. The van der Waals surface area contributed by atoms with Crippen LogP contribution in [0.1, 0.15) is 56.6 Å². The van der Waals surface area contributed by atoms with Crippen LogP contribution in [0.2, 0.25) is 10.0 Å². The highest BCUT2D eigenvalue weighted by Gasteiger charge is 2.52. The van der Waals surface area contributed by atoms with Crippen LogP contribution in [-0.2, 0) is 13.2 Å². The van der Waals surface area contributed by atoms with E-state index in [1.807, 2.05) is 36.4 Å². The number of hydrogen-bond donors (Lipinski definition) is 1. The van der Waals surface area contributed by atoms with Crippen LogP contribution in [-0.4, -0.2) is 13.2 Å². The van der Waals surface area contributed by atoms with E-state index < -0.39 is 0 Å². The van der Waals surface area contributed by atoms with Gasteiger partial charge in [-0.15, -0.1) is 0 Å². The van der Waals surface area contributed by atoms with Gasteiger partial charge in [0.05, 0.1) is 12.1 Å². The van der Waals surface area contributed by atoms with Crippen molar-refractivity contribution in [1.29, 1.82) is 0 Å². The molecule has 2 aromatic carbocycles. The number of benzene rings is 2. The number of halogens is 2. The van der Waals surface area contributed by atoms with Gasteiger partial charge in [-0.1, -0.05) is 35.3 Å². The molecule has 1 N–H and O–H groups in total. The first kappa shape index (κ1) is 22.4. The molecule has 1 atom stereocenters. The van der Waals surface area contributed by atoms with Crippen molar-refractivity contribution < 1.29 is 9.47 Å². The number of nitrogens with one attached hydrogen (secondary N) is 1. The third-order valence-corrected chi connectivity index (χ3v) is 8.69. The monoisotopic (exact) mass is 473 g/mol. The van der Waals surface area contributed by atoms with Crippen LogP contribution in [0.25, 0.3) is 0 Å². The van der Waals surface area contributed by atoms with Gasteiger partial charge in [-0.25, -0.2) is 0 Å². The van der Waals surface area contributed by atoms with Crippen molar-refractivity contribution in [2.75, 3.05) is 7.11 Å². The van der Waals surface area contributed by atoms with Crippen molar-refractivity contribution in [1.82, 2.24) is 5.32 Å². The van der Waals surface area contributed by atoms with E-state index in [-0.39, 0.29) is 0 Å². The third-order valence-electron chi connectivity index (χ3n) is 8.18. The molecule has 0 heterocycles. The van der Waals surface area contributed by atoms with Gasteiger partial charge in [0.25, 0.3) is 0 Å². The summed E-state index contributed by atoms with van der Waals surface area (Å²) in [7, 11) is 1.66. The Morgan fingerprint density at radius 2 is 1.69 bits per heavy atom. The van der Waals surface area contributed by atoms with Gasteiger partial charge in [0.2, 0.25) is 0 Å². The van der Waals surface area contributed by atoms with Crippen molar-refractivity contribution in [3.05, 3.63) is 57.6 Å². The van der Waals surface area contributed by atoms with Crippen LogP contribution < -0.4 is 14.8 Å². The molecule has 4 fully saturated rings. The molecule has 0 aliphatic heterocycles. The Labute approximate surface area is 201 Å². The van der Waals surface area contributed by atoms with E-state index in [1.54, 1.807) is 7.11 Å². The molecule has 5 heteroatoms. The fraction of sp³-hybridized carbons (Fsp3) is 0.556. The normalized spacial score (nSPS) is 29.2. The second kappa shape index (κ2) is 9.08. The van der Waals surface area contributed by atoms with Crippen LogP contribution in [0.4, 0.5) is 0 Å². The molecule has 0 radical (unpaired) electrons. The molecule has 4 saturated carbocycles. The van der Waals surface area contributed by atoms with E-state index >= 15 is 0 Å². The zero-order valence-corrected chi connectivity index (χ0v) is 20.5. The van der Waals surface area contributed by atoms with E-state index in [0.717, 1.165) is 35.4 Å². The number of methoxy groups -OCH3 is 1. The van der Waals surface area contributed by atoms with Crippen molar-refractivity contribution >= 4 is 23.2 Å². The van der Waals surface area contributed by atoms with Crippen molar-refractivity contribution in [2.45, 2.75) is 64.6 Å². The smallest absolute Gasteiger partial charge is 0.180 e. The number of hydrogen-bond acceptors (Lipinski definition) is 3. The molecule has 1 unspecified atom stereocenters. The van der Waals surface area contributed by atoms with Crippen LogP contribution in [0.15, 0.2) is 36.4 Å². The number of rotatable bonds is 8. The molecular weight excluding hydrogens is 441 g/mol. The molecule has 3 nitrogen and oxygen atoms in total. The summed E-state index contributed by atoms with van der Waals surface area (Å²) in [6.45, 7) is 3.57. The highest BCUT2D eigenvalue weighted by Crippen LogP contribution is 2.61. The Bertz CT molecular complexity index is 941. The lowest BCUT2D eigenvalue weighted by molar-refractivity contribution is -0.0706. The van der Waals surface area contributed by atoms with E-state index in [2.05, 4.69) is 12.2 Å². The lowest BCUT2D eigenvalue weighted by Crippen LogP contribution is -2.54. The minimum atomic E-state index is 0.386. The first-order chi connectivity index (χ1) is 15.4. The second-order valence-electron chi connectivity index (χ2n) is 10.4. The van der Waals surface area contributed by atoms with E-state index in [9.17, 15) is 0 Å². The van der Waals surface area contributed by atoms with Gasteiger partial charge in [-0.2, -0.15) is 0 Å².